The summed E-state index contributed by atoms with van der Waals surface area (Å²) in [6.45, 7) is 6.48. The van der Waals surface area contributed by atoms with Crippen LogP contribution in [0.2, 0.25) is 0 Å². The Labute approximate surface area is 435 Å². The molecule has 70 heavy (non-hydrogen) atoms. The lowest BCUT2D eigenvalue weighted by molar-refractivity contribution is -0.167. The molecule has 6 nitrogen and oxygen atoms in total. The molecule has 1 atom stereocenters. The molecular weight excluding hydrogens is 865 g/mol. The van der Waals surface area contributed by atoms with Crippen molar-refractivity contribution in [3.63, 3.8) is 0 Å². The fourth-order valence-electron chi connectivity index (χ4n) is 9.02. The van der Waals surface area contributed by atoms with Crippen molar-refractivity contribution in [2.24, 2.45) is 0 Å². The van der Waals surface area contributed by atoms with Crippen molar-refractivity contribution in [3.05, 3.63) is 48.6 Å². The Kier molecular flexibility index (Phi) is 56.7. The Balaban J connectivity index is 4.02. The van der Waals surface area contributed by atoms with E-state index in [0.29, 0.717) is 19.3 Å². The van der Waals surface area contributed by atoms with Crippen LogP contribution >= 0.6 is 0 Å². The van der Waals surface area contributed by atoms with Gasteiger partial charge in [0.25, 0.3) is 0 Å². The van der Waals surface area contributed by atoms with Gasteiger partial charge in [-0.25, -0.2) is 0 Å². The number of esters is 3. The number of unbranched alkanes of at least 4 members (excludes halogenated alkanes) is 37. The van der Waals surface area contributed by atoms with E-state index in [9.17, 15) is 14.4 Å². The predicted molar refractivity (Wildman–Crippen MR) is 302 cm³/mol. The monoisotopic (exact) mass is 981 g/mol. The van der Waals surface area contributed by atoms with Crippen molar-refractivity contribution in [2.75, 3.05) is 13.2 Å². The van der Waals surface area contributed by atoms with Crippen LogP contribution in [0.25, 0.3) is 0 Å². The maximum absolute atomic E-state index is 12.8. The van der Waals surface area contributed by atoms with Crippen molar-refractivity contribution in [1.82, 2.24) is 0 Å². The van der Waals surface area contributed by atoms with E-state index in [0.717, 1.165) is 77.0 Å². The van der Waals surface area contributed by atoms with Gasteiger partial charge in [0.05, 0.1) is 0 Å². The highest BCUT2D eigenvalue weighted by molar-refractivity contribution is 5.71. The van der Waals surface area contributed by atoms with Gasteiger partial charge < -0.3 is 14.2 Å². The van der Waals surface area contributed by atoms with E-state index in [1.54, 1.807) is 0 Å². The molecule has 0 N–H and O–H groups in total. The van der Waals surface area contributed by atoms with Gasteiger partial charge >= 0.3 is 17.9 Å². The highest BCUT2D eigenvalue weighted by atomic mass is 16.6. The molecule has 0 rings (SSSR count). The molecule has 0 bridgehead atoms. The van der Waals surface area contributed by atoms with Crippen LogP contribution in [0.15, 0.2) is 48.6 Å². The molecule has 6 heteroatoms. The zero-order chi connectivity index (χ0) is 50.7. The minimum Gasteiger partial charge on any atom is -0.462 e. The number of ether oxygens (including phenoxy) is 3. The van der Waals surface area contributed by atoms with Crippen LogP contribution in [0.5, 0.6) is 0 Å². The second-order valence-electron chi connectivity index (χ2n) is 20.6. The van der Waals surface area contributed by atoms with Crippen molar-refractivity contribution in [3.8, 4) is 0 Å². The standard InChI is InChI=1S/C64H116O6/c1-4-7-10-13-16-18-20-22-24-25-26-27-28-29-30-31-32-33-34-35-36-37-38-40-41-43-45-48-51-54-57-63(66)69-60-61(59-68-62(65)56-53-50-47-15-12-9-6-3)70-64(67)58-55-52-49-46-44-42-39-23-21-19-17-14-11-8-5-2/h8,11,17,19,23,39,44,46,61H,4-7,9-10,12-16,18,20-22,24-38,40-43,45,47-60H2,1-3H3/b11-8-,19-17-,39-23-,46-44-. The Morgan fingerprint density at radius 1 is 0.300 bits per heavy atom. The van der Waals surface area contributed by atoms with Crippen molar-refractivity contribution < 1.29 is 28.6 Å². The summed E-state index contributed by atoms with van der Waals surface area (Å²) in [7, 11) is 0. The Morgan fingerprint density at radius 2 is 0.557 bits per heavy atom. The lowest BCUT2D eigenvalue weighted by Crippen LogP contribution is -2.30. The summed E-state index contributed by atoms with van der Waals surface area (Å²) in [6, 6.07) is 0. The minimum atomic E-state index is -0.790. The van der Waals surface area contributed by atoms with Gasteiger partial charge in [0, 0.05) is 19.3 Å². The molecule has 0 spiro atoms. The number of hydrogen-bond donors (Lipinski definition) is 0. The van der Waals surface area contributed by atoms with E-state index in [-0.39, 0.29) is 37.5 Å². The largest absolute Gasteiger partial charge is 0.462 e. The summed E-state index contributed by atoms with van der Waals surface area (Å²) >= 11 is 0. The van der Waals surface area contributed by atoms with Gasteiger partial charge in [0.2, 0.25) is 0 Å². The van der Waals surface area contributed by atoms with Crippen LogP contribution in [0.3, 0.4) is 0 Å². The molecule has 408 valence electrons. The second-order valence-corrected chi connectivity index (χ2v) is 20.6. The highest BCUT2D eigenvalue weighted by Crippen LogP contribution is 2.18. The first kappa shape index (κ1) is 67.4. The average Bonchev–Trinajstić information content (AvgIpc) is 3.36. The van der Waals surface area contributed by atoms with E-state index in [1.165, 1.54) is 199 Å². The second kappa shape index (κ2) is 58.9. The summed E-state index contributed by atoms with van der Waals surface area (Å²) < 4.78 is 16.7. The molecule has 0 heterocycles. The zero-order valence-electron chi connectivity index (χ0n) is 46.8. The fraction of sp³-hybridized carbons (Fsp3) is 0.828. The third-order valence-electron chi connectivity index (χ3n) is 13.6. The van der Waals surface area contributed by atoms with Crippen LogP contribution in [0.1, 0.15) is 323 Å². The fourth-order valence-corrected chi connectivity index (χ4v) is 9.02. The van der Waals surface area contributed by atoms with Crippen molar-refractivity contribution >= 4 is 17.9 Å². The van der Waals surface area contributed by atoms with Crippen LogP contribution < -0.4 is 0 Å². The maximum atomic E-state index is 12.8. The zero-order valence-corrected chi connectivity index (χ0v) is 46.8. The molecular formula is C64H116O6. The smallest absolute Gasteiger partial charge is 0.306 e. The van der Waals surface area contributed by atoms with Crippen LogP contribution in [-0.4, -0.2) is 37.2 Å². The minimum absolute atomic E-state index is 0.0865. The van der Waals surface area contributed by atoms with E-state index < -0.39 is 6.10 Å². The summed E-state index contributed by atoms with van der Waals surface area (Å²) in [5.74, 6) is -0.922. The first-order chi connectivity index (χ1) is 34.5. The van der Waals surface area contributed by atoms with Crippen molar-refractivity contribution in [2.45, 2.75) is 329 Å². The first-order valence-electron chi connectivity index (χ1n) is 30.6. The van der Waals surface area contributed by atoms with Crippen LogP contribution in [-0.2, 0) is 28.6 Å². The summed E-state index contributed by atoms with van der Waals surface area (Å²) in [4.78, 5) is 37.9. The lowest BCUT2D eigenvalue weighted by atomic mass is 10.0. The average molecular weight is 982 g/mol. The maximum Gasteiger partial charge on any atom is 0.306 e. The highest BCUT2D eigenvalue weighted by Gasteiger charge is 2.19. The van der Waals surface area contributed by atoms with Gasteiger partial charge in [-0.2, -0.15) is 0 Å². The van der Waals surface area contributed by atoms with Gasteiger partial charge in [-0.1, -0.05) is 294 Å². The van der Waals surface area contributed by atoms with Crippen LogP contribution in [0.4, 0.5) is 0 Å². The molecule has 0 aromatic heterocycles. The van der Waals surface area contributed by atoms with Crippen molar-refractivity contribution in [1.29, 1.82) is 0 Å². The number of allylic oxidation sites excluding steroid dienone is 8. The molecule has 0 aliphatic carbocycles. The van der Waals surface area contributed by atoms with Gasteiger partial charge in [-0.15, -0.1) is 0 Å². The third kappa shape index (κ3) is 56.3. The Morgan fingerprint density at radius 3 is 0.871 bits per heavy atom. The summed E-state index contributed by atoms with van der Waals surface area (Å²) in [5, 5.41) is 0. The summed E-state index contributed by atoms with van der Waals surface area (Å²) in [5.41, 5.74) is 0. The quantitative estimate of drug-likeness (QED) is 0.0261. The van der Waals surface area contributed by atoms with E-state index in [1.807, 2.05) is 0 Å². The van der Waals surface area contributed by atoms with Gasteiger partial charge in [-0.3, -0.25) is 14.4 Å². The Hall–Kier alpha value is -2.63. The molecule has 0 aliphatic rings. The molecule has 1 unspecified atom stereocenters. The molecule has 0 saturated carbocycles. The molecule has 0 aromatic carbocycles. The van der Waals surface area contributed by atoms with Gasteiger partial charge in [0.15, 0.2) is 6.10 Å². The molecule has 0 aliphatic heterocycles. The van der Waals surface area contributed by atoms with E-state index >= 15 is 0 Å². The van der Waals surface area contributed by atoms with Crippen LogP contribution in [0, 0.1) is 0 Å². The molecule has 0 aromatic rings. The topological polar surface area (TPSA) is 78.9 Å². The third-order valence-corrected chi connectivity index (χ3v) is 13.6. The van der Waals surface area contributed by atoms with Gasteiger partial charge in [-0.05, 0) is 57.8 Å². The molecule has 0 saturated heterocycles. The number of hydrogen-bond acceptors (Lipinski definition) is 6. The number of carbonyl (C=O) groups excluding carboxylic acids is 3. The normalized spacial score (nSPS) is 12.3. The van der Waals surface area contributed by atoms with E-state index in [2.05, 4.69) is 69.4 Å². The molecule has 0 fully saturated rings. The van der Waals surface area contributed by atoms with E-state index in [4.69, 9.17) is 14.2 Å². The lowest BCUT2D eigenvalue weighted by Gasteiger charge is -2.18. The van der Waals surface area contributed by atoms with Gasteiger partial charge in [0.1, 0.15) is 13.2 Å². The number of rotatable bonds is 56. The predicted octanol–water partition coefficient (Wildman–Crippen LogP) is 20.6. The summed E-state index contributed by atoms with van der Waals surface area (Å²) in [6.07, 6.45) is 73.1. The Bertz CT molecular complexity index is 1220. The first-order valence-corrected chi connectivity index (χ1v) is 30.6. The molecule has 0 amide bonds. The molecule has 0 radical (unpaired) electrons. The SMILES string of the molecule is CC/C=C\C/C=C\C/C=C\C/C=C\CCCCC(=O)OC(COC(=O)CCCCCCCCC)COC(=O)CCCCCCCCCCCCCCCCCCCCCCCCCCCCCCCC. The number of carbonyl (C=O) groups is 3.